The molecule has 0 unspecified atom stereocenters. The second-order valence-corrected chi connectivity index (χ2v) is 6.63. The van der Waals surface area contributed by atoms with Gasteiger partial charge in [-0.05, 0) is 44.0 Å². The largest absolute Gasteiger partial charge is 0.497 e. The first-order valence-corrected chi connectivity index (χ1v) is 8.80. The van der Waals surface area contributed by atoms with Crippen LogP contribution < -0.4 is 4.74 Å². The predicted molar refractivity (Wildman–Crippen MR) is 93.6 cm³/mol. The molecular weight excluding hydrogens is 318 g/mol. The average molecular weight is 341 g/mol. The second kappa shape index (κ2) is 6.52. The van der Waals surface area contributed by atoms with E-state index in [2.05, 4.69) is 0 Å². The minimum absolute atomic E-state index is 0.0856. The number of carbonyl (C=O) groups is 1. The quantitative estimate of drug-likeness (QED) is 0.857. The second-order valence-electron chi connectivity index (χ2n) is 6.63. The van der Waals surface area contributed by atoms with Gasteiger partial charge >= 0.3 is 0 Å². The lowest BCUT2D eigenvalue weighted by molar-refractivity contribution is 0.0301. The molecule has 1 amide bonds. The summed E-state index contributed by atoms with van der Waals surface area (Å²) in [5, 5.41) is 4.81. The number of rotatable bonds is 4. The number of nitrogens with zero attached hydrogens (tertiary/aromatic N) is 3. The van der Waals surface area contributed by atoms with E-state index in [9.17, 15) is 4.79 Å². The van der Waals surface area contributed by atoms with Gasteiger partial charge in [0.25, 0.3) is 5.91 Å². The van der Waals surface area contributed by atoms with Crippen LogP contribution >= 0.6 is 0 Å². The van der Waals surface area contributed by atoms with E-state index in [4.69, 9.17) is 14.6 Å². The van der Waals surface area contributed by atoms with Crippen molar-refractivity contribution < 1.29 is 14.3 Å². The maximum Gasteiger partial charge on any atom is 0.257 e. The molecule has 1 aliphatic carbocycles. The van der Waals surface area contributed by atoms with Crippen LogP contribution in [0.4, 0.5) is 0 Å². The molecule has 132 valence electrons. The lowest BCUT2D eigenvalue weighted by Gasteiger charge is -2.27. The smallest absolute Gasteiger partial charge is 0.257 e. The van der Waals surface area contributed by atoms with Gasteiger partial charge in [0, 0.05) is 19.0 Å². The Kier molecular flexibility index (Phi) is 4.21. The predicted octanol–water partition coefficient (Wildman–Crippen LogP) is 2.54. The van der Waals surface area contributed by atoms with Crippen molar-refractivity contribution in [2.24, 2.45) is 0 Å². The summed E-state index contributed by atoms with van der Waals surface area (Å²) in [5.41, 5.74) is 3.58. The SMILES string of the molecule is COc1ccc(-n2nc(C3CC3)c(C(=O)N3CCOCC3)c2C)cc1. The van der Waals surface area contributed by atoms with Crippen molar-refractivity contribution in [3.63, 3.8) is 0 Å². The number of methoxy groups -OCH3 is 1. The number of ether oxygens (including phenoxy) is 2. The van der Waals surface area contributed by atoms with E-state index in [1.807, 2.05) is 40.8 Å². The number of aromatic nitrogens is 2. The number of morpholine rings is 1. The van der Waals surface area contributed by atoms with E-state index < -0.39 is 0 Å². The normalized spacial score (nSPS) is 17.6. The molecule has 6 heteroatoms. The molecule has 2 fully saturated rings. The molecule has 1 saturated carbocycles. The molecule has 6 nitrogen and oxygen atoms in total. The van der Waals surface area contributed by atoms with Crippen molar-refractivity contribution in [3.8, 4) is 11.4 Å². The molecule has 4 rings (SSSR count). The molecule has 1 aliphatic heterocycles. The Morgan fingerprint density at radius 2 is 1.88 bits per heavy atom. The molecule has 25 heavy (non-hydrogen) atoms. The van der Waals surface area contributed by atoms with Gasteiger partial charge in [0.05, 0.1) is 43.0 Å². The number of benzene rings is 1. The number of carbonyl (C=O) groups excluding carboxylic acids is 1. The average Bonchev–Trinajstić information content (AvgIpc) is 3.45. The summed E-state index contributed by atoms with van der Waals surface area (Å²) < 4.78 is 12.5. The van der Waals surface area contributed by atoms with E-state index in [0.29, 0.717) is 32.2 Å². The molecule has 0 spiro atoms. The first-order valence-electron chi connectivity index (χ1n) is 8.80. The van der Waals surface area contributed by atoms with Gasteiger partial charge in [0.1, 0.15) is 5.75 Å². The molecule has 0 bridgehead atoms. The Hall–Kier alpha value is -2.34. The molecule has 1 aromatic heterocycles. The molecule has 2 aliphatic rings. The molecule has 0 N–H and O–H groups in total. The topological polar surface area (TPSA) is 56.6 Å². The van der Waals surface area contributed by atoms with Crippen LogP contribution in [0.2, 0.25) is 0 Å². The Morgan fingerprint density at radius 1 is 1.20 bits per heavy atom. The highest BCUT2D eigenvalue weighted by atomic mass is 16.5. The van der Waals surface area contributed by atoms with Gasteiger partial charge in [-0.25, -0.2) is 4.68 Å². The van der Waals surface area contributed by atoms with Crippen LogP contribution in [0.25, 0.3) is 5.69 Å². The molecule has 0 radical (unpaired) electrons. The summed E-state index contributed by atoms with van der Waals surface area (Å²) >= 11 is 0. The van der Waals surface area contributed by atoms with Crippen molar-refractivity contribution in [2.45, 2.75) is 25.7 Å². The Morgan fingerprint density at radius 3 is 2.48 bits per heavy atom. The van der Waals surface area contributed by atoms with Crippen molar-refractivity contribution >= 4 is 5.91 Å². The summed E-state index contributed by atoms with van der Waals surface area (Å²) in [6.07, 6.45) is 2.23. The van der Waals surface area contributed by atoms with Crippen LogP contribution in [0, 0.1) is 6.92 Å². The lowest BCUT2D eigenvalue weighted by atomic mass is 10.1. The van der Waals surface area contributed by atoms with Crippen molar-refractivity contribution in [1.82, 2.24) is 14.7 Å². The van der Waals surface area contributed by atoms with Crippen LogP contribution in [0.3, 0.4) is 0 Å². The highest BCUT2D eigenvalue weighted by Crippen LogP contribution is 2.42. The fourth-order valence-corrected chi connectivity index (χ4v) is 3.33. The van der Waals surface area contributed by atoms with Crippen LogP contribution in [-0.4, -0.2) is 54.0 Å². The third kappa shape index (κ3) is 3.02. The Labute approximate surface area is 147 Å². The van der Waals surface area contributed by atoms with Gasteiger partial charge in [0.2, 0.25) is 0 Å². The minimum atomic E-state index is 0.0856. The number of amides is 1. The standard InChI is InChI=1S/C19H23N3O3/c1-13-17(19(23)21-9-11-25-12-10-21)18(14-3-4-14)20-22(13)15-5-7-16(24-2)8-6-15/h5-8,14H,3-4,9-12H2,1-2H3. The zero-order valence-corrected chi connectivity index (χ0v) is 14.7. The van der Waals surface area contributed by atoms with E-state index >= 15 is 0 Å². The van der Waals surface area contributed by atoms with E-state index in [1.165, 1.54) is 0 Å². The van der Waals surface area contributed by atoms with Gasteiger partial charge in [-0.1, -0.05) is 0 Å². The van der Waals surface area contributed by atoms with E-state index in [1.54, 1.807) is 7.11 Å². The third-order valence-electron chi connectivity index (χ3n) is 4.94. The van der Waals surface area contributed by atoms with Crippen molar-refractivity contribution in [1.29, 1.82) is 0 Å². The summed E-state index contributed by atoms with van der Waals surface area (Å²) in [4.78, 5) is 15.0. The molecule has 2 heterocycles. The summed E-state index contributed by atoms with van der Waals surface area (Å²) in [5.74, 6) is 1.31. The monoisotopic (exact) mass is 341 g/mol. The molecule has 1 aromatic carbocycles. The minimum Gasteiger partial charge on any atom is -0.497 e. The fraction of sp³-hybridized carbons (Fsp3) is 0.474. The zero-order valence-electron chi connectivity index (χ0n) is 14.7. The van der Waals surface area contributed by atoms with Crippen LogP contribution in [0.15, 0.2) is 24.3 Å². The van der Waals surface area contributed by atoms with Gasteiger partial charge in [-0.15, -0.1) is 0 Å². The van der Waals surface area contributed by atoms with Crippen LogP contribution in [0.1, 0.15) is 40.5 Å². The third-order valence-corrected chi connectivity index (χ3v) is 4.94. The van der Waals surface area contributed by atoms with Gasteiger partial charge < -0.3 is 14.4 Å². The summed E-state index contributed by atoms with van der Waals surface area (Å²) in [6, 6.07) is 7.77. The van der Waals surface area contributed by atoms with Crippen molar-refractivity contribution in [2.75, 3.05) is 33.4 Å². The highest BCUT2D eigenvalue weighted by Gasteiger charge is 2.35. The highest BCUT2D eigenvalue weighted by molar-refractivity contribution is 5.97. The van der Waals surface area contributed by atoms with E-state index in [-0.39, 0.29) is 5.91 Å². The molecule has 1 saturated heterocycles. The number of hydrogen-bond acceptors (Lipinski definition) is 4. The number of hydrogen-bond donors (Lipinski definition) is 0. The van der Waals surface area contributed by atoms with E-state index in [0.717, 1.165) is 41.2 Å². The van der Waals surface area contributed by atoms with Gasteiger partial charge in [-0.2, -0.15) is 5.10 Å². The maximum absolute atomic E-state index is 13.1. The van der Waals surface area contributed by atoms with Crippen molar-refractivity contribution in [3.05, 3.63) is 41.2 Å². The van der Waals surface area contributed by atoms with Gasteiger partial charge in [0.15, 0.2) is 0 Å². The Bertz CT molecular complexity index is 772. The molecule has 2 aromatic rings. The van der Waals surface area contributed by atoms with Gasteiger partial charge in [-0.3, -0.25) is 4.79 Å². The first kappa shape index (κ1) is 16.1. The molecular formula is C19H23N3O3. The summed E-state index contributed by atoms with van der Waals surface area (Å²) in [6.45, 7) is 4.50. The van der Waals surface area contributed by atoms with Crippen LogP contribution in [0.5, 0.6) is 5.75 Å². The molecule has 0 atom stereocenters. The maximum atomic E-state index is 13.1. The fourth-order valence-electron chi connectivity index (χ4n) is 3.33. The Balaban J connectivity index is 1.72. The zero-order chi connectivity index (χ0) is 17.4. The van der Waals surface area contributed by atoms with Crippen LogP contribution in [-0.2, 0) is 4.74 Å². The lowest BCUT2D eigenvalue weighted by Crippen LogP contribution is -2.41. The summed E-state index contributed by atoms with van der Waals surface area (Å²) in [7, 11) is 1.65. The first-order chi connectivity index (χ1) is 12.2.